The monoisotopic (exact) mass is 870 g/mol. The molecule has 3 aromatic carbocycles. The summed E-state index contributed by atoms with van der Waals surface area (Å²) in [5, 5.41) is 7.67. The van der Waals surface area contributed by atoms with Crippen LogP contribution in [0.4, 0.5) is 9.59 Å². The van der Waals surface area contributed by atoms with Crippen LogP contribution in [0, 0.1) is 17.3 Å². The van der Waals surface area contributed by atoms with Crippen molar-refractivity contribution in [3.63, 3.8) is 0 Å². The highest BCUT2D eigenvalue weighted by Crippen LogP contribution is 2.58. The van der Waals surface area contributed by atoms with Crippen molar-refractivity contribution in [1.82, 2.24) is 40.4 Å². The first-order valence-electron chi connectivity index (χ1n) is 22.3. The van der Waals surface area contributed by atoms with Crippen LogP contribution in [0.5, 0.6) is 0 Å². The van der Waals surface area contributed by atoms with E-state index in [-0.39, 0.29) is 47.2 Å². The number of carbonyl (C=O) groups excluding carboxylic acids is 4. The van der Waals surface area contributed by atoms with Gasteiger partial charge in [0.15, 0.2) is 0 Å². The maximum atomic E-state index is 14.3. The van der Waals surface area contributed by atoms with Gasteiger partial charge in [-0.2, -0.15) is 0 Å². The Bertz CT molecular complexity index is 2580. The van der Waals surface area contributed by atoms with Crippen LogP contribution < -0.4 is 10.6 Å². The van der Waals surface area contributed by atoms with Crippen molar-refractivity contribution in [3.8, 4) is 33.6 Å². The van der Waals surface area contributed by atoms with E-state index in [1.807, 2.05) is 36.0 Å². The molecule has 2 aliphatic heterocycles. The molecule has 2 aliphatic carbocycles. The van der Waals surface area contributed by atoms with E-state index in [0.29, 0.717) is 6.54 Å². The number of nitrogens with one attached hydrogen (secondary N) is 4. The summed E-state index contributed by atoms with van der Waals surface area (Å²) in [6, 6.07) is 19.2. The average Bonchev–Trinajstić information content (AvgIpc) is 3.94. The van der Waals surface area contributed by atoms with Crippen molar-refractivity contribution in [2.45, 2.75) is 102 Å². The summed E-state index contributed by atoms with van der Waals surface area (Å²) >= 11 is 0. The number of methoxy groups -OCH3 is 3. The van der Waals surface area contributed by atoms with Gasteiger partial charge in [0, 0.05) is 25.3 Å². The van der Waals surface area contributed by atoms with Crippen LogP contribution >= 0.6 is 0 Å². The number of carbonyl (C=O) groups is 4. The summed E-state index contributed by atoms with van der Waals surface area (Å²) in [5.41, 5.74) is 5.04. The van der Waals surface area contributed by atoms with Crippen molar-refractivity contribution < 1.29 is 33.4 Å². The third-order valence-electron chi connectivity index (χ3n) is 14.4. The number of fused-ring (bicyclic) bond motifs is 3. The van der Waals surface area contributed by atoms with Crippen LogP contribution in [-0.4, -0.2) is 105 Å². The minimum Gasteiger partial charge on any atom is -0.453 e. The summed E-state index contributed by atoms with van der Waals surface area (Å²) in [6.45, 7) is 8.08. The summed E-state index contributed by atoms with van der Waals surface area (Å²) in [5.74, 6) is 1.32. The fourth-order valence-corrected chi connectivity index (χ4v) is 10.3. The lowest BCUT2D eigenvalue weighted by molar-refractivity contribution is -0.145. The van der Waals surface area contributed by atoms with Crippen LogP contribution in [0.25, 0.3) is 44.4 Å². The predicted octanol–water partition coefficient (Wildman–Crippen LogP) is 7.92. The van der Waals surface area contributed by atoms with Crippen LogP contribution in [-0.2, 0) is 23.8 Å². The van der Waals surface area contributed by atoms with Crippen molar-refractivity contribution in [2.24, 2.45) is 17.3 Å². The van der Waals surface area contributed by atoms with E-state index in [4.69, 9.17) is 24.2 Å². The Morgan fingerprint density at radius 3 is 2.02 bits per heavy atom. The molecule has 15 heteroatoms. The standard InChI is InChI=1S/C49H58N8O7/c1-27(2)39(54-46(60)62-5)44(58)56-26-49(18-19-49)23-38(56)42-50-24-36(52-42)29-10-8-28(9-11-29)30-12-13-32-21-33(15-14-31(32)20-30)37-25-51-43(53-37)40-34-16-17-35(22-34)57(40)45(59)41(48(3,4)64-7)55-47(61)63-6/h8-15,20-21,24-25,27,34-35,38-41H,16-19,22-23,26H2,1-7H3,(H,50,52)(H,51,53)(H,54,60)(H,55,61)/t34?,35-,38+,39+,40?,41-/m1/s1. The molecule has 6 atom stereocenters. The molecule has 4 fully saturated rings. The molecule has 5 aromatic rings. The number of piperidine rings is 1. The van der Waals surface area contributed by atoms with Gasteiger partial charge >= 0.3 is 12.2 Å². The molecular weight excluding hydrogens is 813 g/mol. The second-order valence-corrected chi connectivity index (χ2v) is 19.1. The van der Waals surface area contributed by atoms with Gasteiger partial charge in [-0.15, -0.1) is 0 Å². The molecule has 2 saturated carbocycles. The van der Waals surface area contributed by atoms with Gasteiger partial charge < -0.3 is 44.6 Å². The zero-order valence-electron chi connectivity index (χ0n) is 37.6. The van der Waals surface area contributed by atoms with Crippen LogP contribution in [0.1, 0.15) is 90.0 Å². The third-order valence-corrected chi connectivity index (χ3v) is 14.4. The molecule has 2 bridgehead atoms. The number of likely N-dealkylation sites (tertiary alicyclic amines) is 2. The van der Waals surface area contributed by atoms with Gasteiger partial charge in [-0.1, -0.05) is 62.4 Å². The topological polar surface area (TPSA) is 184 Å². The van der Waals surface area contributed by atoms with Gasteiger partial charge in [-0.25, -0.2) is 19.6 Å². The Morgan fingerprint density at radius 2 is 1.36 bits per heavy atom. The van der Waals surface area contributed by atoms with Gasteiger partial charge in [-0.3, -0.25) is 9.59 Å². The predicted molar refractivity (Wildman–Crippen MR) is 241 cm³/mol. The van der Waals surface area contributed by atoms with Gasteiger partial charge in [0.05, 0.1) is 55.7 Å². The van der Waals surface area contributed by atoms with Crippen molar-refractivity contribution in [1.29, 1.82) is 0 Å². The minimum atomic E-state index is -0.972. The van der Waals surface area contributed by atoms with Crippen molar-refractivity contribution in [2.75, 3.05) is 27.9 Å². The second kappa shape index (κ2) is 16.7. The molecule has 0 radical (unpaired) electrons. The maximum Gasteiger partial charge on any atom is 0.407 e. The number of hydrogen-bond acceptors (Lipinski definition) is 9. The lowest BCUT2D eigenvalue weighted by Crippen LogP contribution is -2.60. The van der Waals surface area contributed by atoms with E-state index in [9.17, 15) is 19.2 Å². The molecule has 2 aromatic heterocycles. The van der Waals surface area contributed by atoms with E-state index in [2.05, 4.69) is 81.3 Å². The molecule has 2 unspecified atom stereocenters. The molecule has 15 nitrogen and oxygen atoms in total. The number of nitrogens with zero attached hydrogens (tertiary/aromatic N) is 4. The number of hydrogen-bond donors (Lipinski definition) is 4. The fraction of sp³-hybridized carbons (Fsp3) is 0.469. The molecule has 4 N–H and O–H groups in total. The smallest absolute Gasteiger partial charge is 0.407 e. The Hall–Kier alpha value is -6.22. The summed E-state index contributed by atoms with van der Waals surface area (Å²) in [6.07, 6.45) is 8.19. The number of amides is 4. The summed E-state index contributed by atoms with van der Waals surface area (Å²) in [4.78, 5) is 73.2. The van der Waals surface area contributed by atoms with E-state index in [1.165, 1.54) is 21.3 Å². The second-order valence-electron chi connectivity index (χ2n) is 19.1. The van der Waals surface area contributed by atoms with E-state index < -0.39 is 29.9 Å². The van der Waals surface area contributed by atoms with Gasteiger partial charge in [0.25, 0.3) is 0 Å². The van der Waals surface area contributed by atoms with Crippen LogP contribution in [0.3, 0.4) is 0 Å². The van der Waals surface area contributed by atoms with Gasteiger partial charge in [0.2, 0.25) is 11.8 Å². The highest BCUT2D eigenvalue weighted by Gasteiger charge is 2.56. The number of H-pyrrole nitrogens is 2. The number of rotatable bonds is 12. The van der Waals surface area contributed by atoms with Crippen molar-refractivity contribution >= 4 is 34.8 Å². The third kappa shape index (κ3) is 7.99. The molecular formula is C49H58N8O7. The number of benzene rings is 3. The quantitative estimate of drug-likeness (QED) is 0.0968. The summed E-state index contributed by atoms with van der Waals surface area (Å²) in [7, 11) is 4.12. The number of aromatic amines is 2. The molecule has 4 amide bonds. The lowest BCUT2D eigenvalue weighted by atomic mass is 9.93. The first-order valence-corrected chi connectivity index (χ1v) is 22.3. The normalized spacial score (nSPS) is 21.9. The first kappa shape index (κ1) is 43.1. The van der Waals surface area contributed by atoms with E-state index in [0.717, 1.165) is 94.6 Å². The minimum absolute atomic E-state index is 0.0550. The van der Waals surface area contributed by atoms with Gasteiger partial charge in [-0.05, 0) is 109 Å². The Kier molecular flexibility index (Phi) is 11.2. The van der Waals surface area contributed by atoms with Crippen LogP contribution in [0.2, 0.25) is 0 Å². The number of ether oxygens (including phenoxy) is 3. The molecule has 2 saturated heterocycles. The fourth-order valence-electron chi connectivity index (χ4n) is 10.3. The first-order chi connectivity index (χ1) is 30.7. The highest BCUT2D eigenvalue weighted by molar-refractivity contribution is 5.91. The van der Waals surface area contributed by atoms with Crippen molar-refractivity contribution in [3.05, 3.63) is 84.7 Å². The Morgan fingerprint density at radius 1 is 0.766 bits per heavy atom. The highest BCUT2D eigenvalue weighted by atomic mass is 16.5. The van der Waals surface area contributed by atoms with Crippen LogP contribution in [0.15, 0.2) is 73.1 Å². The lowest BCUT2D eigenvalue weighted by Gasteiger charge is -2.40. The molecule has 64 heavy (non-hydrogen) atoms. The molecule has 4 aliphatic rings. The maximum absolute atomic E-state index is 14.3. The average molecular weight is 871 g/mol. The van der Waals surface area contributed by atoms with E-state index >= 15 is 0 Å². The zero-order valence-corrected chi connectivity index (χ0v) is 37.6. The SMILES string of the molecule is COC(=O)N[C@H](C(=O)N1CC2(CC2)C[C@H]1c1ncc(-c2ccc(-c3ccc4cc(-c5cnc(C6C7CC[C@H](C7)N6C(=O)[C@@H](NC(=O)OC)C(C)(C)OC)[nH]5)ccc4c3)cc2)[nH]1)C(C)C. The molecule has 336 valence electrons. The van der Waals surface area contributed by atoms with Gasteiger partial charge in [0.1, 0.15) is 23.7 Å². The Labute approximate surface area is 373 Å². The molecule has 1 spiro atoms. The molecule has 4 heterocycles. The number of aromatic nitrogens is 4. The zero-order chi connectivity index (χ0) is 45.1. The molecule has 9 rings (SSSR count). The Balaban J connectivity index is 0.897. The largest absolute Gasteiger partial charge is 0.453 e. The van der Waals surface area contributed by atoms with E-state index in [1.54, 1.807) is 13.8 Å². The number of imidazole rings is 2. The number of alkyl carbamates (subject to hydrolysis) is 2. The summed E-state index contributed by atoms with van der Waals surface area (Å²) < 4.78 is 15.4.